The van der Waals surface area contributed by atoms with Gasteiger partial charge in [0.2, 0.25) is 0 Å². The molecule has 0 aliphatic heterocycles. The van der Waals surface area contributed by atoms with Crippen molar-refractivity contribution in [2.24, 2.45) is 0 Å². The zero-order valence-electron chi connectivity index (χ0n) is 10.5. The first-order valence-corrected chi connectivity index (χ1v) is 6.98. The van der Waals surface area contributed by atoms with Crippen LogP contribution in [0.4, 0.5) is 0 Å². The molecular formula is C17H11BrO2. The van der Waals surface area contributed by atoms with Crippen LogP contribution in [0.1, 0.15) is 0 Å². The normalized spacial score (nSPS) is 10.4. The molecular weight excluding hydrogens is 316 g/mol. The van der Waals surface area contributed by atoms with Crippen LogP contribution in [-0.4, -0.2) is 0 Å². The van der Waals surface area contributed by atoms with Crippen molar-refractivity contribution in [3.05, 3.63) is 81.6 Å². The first-order valence-electron chi connectivity index (χ1n) is 6.19. The predicted molar refractivity (Wildman–Crippen MR) is 83.6 cm³/mol. The molecule has 0 saturated carbocycles. The van der Waals surface area contributed by atoms with Crippen molar-refractivity contribution in [3.8, 4) is 22.5 Å². The SMILES string of the molecule is O=c1cc(-c2ccccc2)cc(-c2cccc(Br)c2)o1. The number of benzene rings is 2. The van der Waals surface area contributed by atoms with E-state index < -0.39 is 0 Å². The van der Waals surface area contributed by atoms with Gasteiger partial charge >= 0.3 is 5.63 Å². The maximum Gasteiger partial charge on any atom is 0.336 e. The van der Waals surface area contributed by atoms with Crippen LogP contribution in [0, 0.1) is 0 Å². The Kier molecular flexibility index (Phi) is 3.52. The van der Waals surface area contributed by atoms with E-state index in [9.17, 15) is 4.79 Å². The van der Waals surface area contributed by atoms with Gasteiger partial charge < -0.3 is 4.42 Å². The van der Waals surface area contributed by atoms with Gasteiger partial charge in [0.05, 0.1) is 0 Å². The standard InChI is InChI=1S/C17H11BrO2/c18-15-8-4-7-13(9-15)16-10-14(11-17(19)20-16)12-5-2-1-3-6-12/h1-11H. The topological polar surface area (TPSA) is 30.2 Å². The zero-order chi connectivity index (χ0) is 13.9. The van der Waals surface area contributed by atoms with E-state index in [2.05, 4.69) is 15.9 Å². The minimum absolute atomic E-state index is 0.346. The fourth-order valence-corrected chi connectivity index (χ4v) is 2.46. The summed E-state index contributed by atoms with van der Waals surface area (Å²) in [5.41, 5.74) is 2.38. The van der Waals surface area contributed by atoms with Gasteiger partial charge in [-0.1, -0.05) is 58.4 Å². The quantitative estimate of drug-likeness (QED) is 0.681. The molecule has 1 aromatic heterocycles. The summed E-state index contributed by atoms with van der Waals surface area (Å²) in [5.74, 6) is 0.567. The summed E-state index contributed by atoms with van der Waals surface area (Å²) >= 11 is 3.42. The lowest BCUT2D eigenvalue weighted by molar-refractivity contribution is 0.526. The second kappa shape index (κ2) is 5.47. The molecule has 3 rings (SSSR count). The van der Waals surface area contributed by atoms with Gasteiger partial charge in [0.1, 0.15) is 5.76 Å². The summed E-state index contributed by atoms with van der Waals surface area (Å²) in [4.78, 5) is 11.8. The molecule has 0 spiro atoms. The van der Waals surface area contributed by atoms with Crippen LogP contribution in [0.15, 0.2) is 80.4 Å². The number of hydrogen-bond acceptors (Lipinski definition) is 2. The molecule has 3 heteroatoms. The Morgan fingerprint density at radius 1 is 0.750 bits per heavy atom. The highest BCUT2D eigenvalue weighted by atomic mass is 79.9. The Morgan fingerprint density at radius 2 is 1.50 bits per heavy atom. The van der Waals surface area contributed by atoms with Gasteiger partial charge in [0.15, 0.2) is 0 Å². The molecule has 0 aliphatic carbocycles. The van der Waals surface area contributed by atoms with Gasteiger partial charge in [0, 0.05) is 16.1 Å². The summed E-state index contributed by atoms with van der Waals surface area (Å²) in [6, 6.07) is 20.9. The van der Waals surface area contributed by atoms with E-state index in [0.29, 0.717) is 5.76 Å². The third-order valence-electron chi connectivity index (χ3n) is 2.99. The van der Waals surface area contributed by atoms with Crippen LogP contribution >= 0.6 is 15.9 Å². The summed E-state index contributed by atoms with van der Waals surface area (Å²) in [6.45, 7) is 0. The van der Waals surface area contributed by atoms with Crippen molar-refractivity contribution in [2.75, 3.05) is 0 Å². The molecule has 0 aliphatic rings. The molecule has 0 amide bonds. The highest BCUT2D eigenvalue weighted by molar-refractivity contribution is 9.10. The molecule has 0 N–H and O–H groups in total. The average Bonchev–Trinajstić information content (AvgIpc) is 2.47. The summed E-state index contributed by atoms with van der Waals surface area (Å²) in [6.07, 6.45) is 0. The fourth-order valence-electron chi connectivity index (χ4n) is 2.06. The van der Waals surface area contributed by atoms with Crippen LogP contribution in [0.2, 0.25) is 0 Å². The first kappa shape index (κ1) is 12.9. The van der Waals surface area contributed by atoms with Crippen LogP contribution in [-0.2, 0) is 0 Å². The summed E-state index contributed by atoms with van der Waals surface area (Å²) in [5, 5.41) is 0. The highest BCUT2D eigenvalue weighted by Gasteiger charge is 2.06. The summed E-state index contributed by atoms with van der Waals surface area (Å²) < 4.78 is 6.25. The molecule has 0 atom stereocenters. The highest BCUT2D eigenvalue weighted by Crippen LogP contribution is 2.26. The van der Waals surface area contributed by atoms with Crippen LogP contribution in [0.5, 0.6) is 0 Å². The maximum atomic E-state index is 11.8. The van der Waals surface area contributed by atoms with E-state index in [-0.39, 0.29) is 5.63 Å². The smallest absolute Gasteiger partial charge is 0.336 e. The van der Waals surface area contributed by atoms with Crippen molar-refractivity contribution in [1.29, 1.82) is 0 Å². The van der Waals surface area contributed by atoms with Crippen molar-refractivity contribution in [1.82, 2.24) is 0 Å². The van der Waals surface area contributed by atoms with Crippen molar-refractivity contribution in [2.45, 2.75) is 0 Å². The Bertz CT molecular complexity index is 791. The Balaban J connectivity index is 2.15. The van der Waals surface area contributed by atoms with Crippen molar-refractivity contribution in [3.63, 3.8) is 0 Å². The molecule has 0 unspecified atom stereocenters. The molecule has 20 heavy (non-hydrogen) atoms. The van der Waals surface area contributed by atoms with Crippen LogP contribution in [0.3, 0.4) is 0 Å². The number of hydrogen-bond donors (Lipinski definition) is 0. The van der Waals surface area contributed by atoms with Gasteiger partial charge in [-0.15, -0.1) is 0 Å². The van der Waals surface area contributed by atoms with E-state index >= 15 is 0 Å². The lowest BCUT2D eigenvalue weighted by Crippen LogP contribution is -1.98. The maximum absolute atomic E-state index is 11.8. The van der Waals surface area contributed by atoms with E-state index in [1.54, 1.807) is 0 Å². The predicted octanol–water partition coefficient (Wildman–Crippen LogP) is 4.74. The Morgan fingerprint density at radius 3 is 2.25 bits per heavy atom. The minimum atomic E-state index is -0.346. The monoisotopic (exact) mass is 326 g/mol. The Labute approximate surface area is 124 Å². The molecule has 2 nitrogen and oxygen atoms in total. The van der Waals surface area contributed by atoms with E-state index in [0.717, 1.165) is 21.2 Å². The van der Waals surface area contributed by atoms with Crippen LogP contribution in [0.25, 0.3) is 22.5 Å². The molecule has 0 saturated heterocycles. The fraction of sp³-hybridized carbons (Fsp3) is 0. The molecule has 0 radical (unpaired) electrons. The van der Waals surface area contributed by atoms with Crippen molar-refractivity contribution >= 4 is 15.9 Å². The molecule has 1 heterocycles. The largest absolute Gasteiger partial charge is 0.423 e. The van der Waals surface area contributed by atoms with E-state index in [4.69, 9.17) is 4.42 Å². The third-order valence-corrected chi connectivity index (χ3v) is 3.48. The van der Waals surface area contributed by atoms with E-state index in [1.807, 2.05) is 60.7 Å². The molecule has 98 valence electrons. The Hall–Kier alpha value is -2.13. The summed E-state index contributed by atoms with van der Waals surface area (Å²) in [7, 11) is 0. The zero-order valence-corrected chi connectivity index (χ0v) is 12.1. The van der Waals surface area contributed by atoms with Crippen molar-refractivity contribution < 1.29 is 4.42 Å². The molecule has 0 fully saturated rings. The van der Waals surface area contributed by atoms with Crippen LogP contribution < -0.4 is 5.63 Å². The molecule has 3 aromatic rings. The first-order chi connectivity index (χ1) is 9.72. The molecule has 2 aromatic carbocycles. The van der Waals surface area contributed by atoms with Gasteiger partial charge in [-0.3, -0.25) is 0 Å². The third kappa shape index (κ3) is 2.73. The van der Waals surface area contributed by atoms with E-state index in [1.165, 1.54) is 6.07 Å². The second-order valence-corrected chi connectivity index (χ2v) is 5.32. The van der Waals surface area contributed by atoms with Gasteiger partial charge in [0.25, 0.3) is 0 Å². The second-order valence-electron chi connectivity index (χ2n) is 4.41. The average molecular weight is 327 g/mol. The minimum Gasteiger partial charge on any atom is -0.423 e. The number of halogens is 1. The van der Waals surface area contributed by atoms with Gasteiger partial charge in [-0.2, -0.15) is 0 Å². The molecule has 0 bridgehead atoms. The lowest BCUT2D eigenvalue weighted by Gasteiger charge is -2.04. The van der Waals surface area contributed by atoms with Gasteiger partial charge in [-0.25, -0.2) is 4.79 Å². The number of rotatable bonds is 2. The van der Waals surface area contributed by atoms with Gasteiger partial charge in [-0.05, 0) is 29.3 Å². The lowest BCUT2D eigenvalue weighted by atomic mass is 10.0.